The highest BCUT2D eigenvalue weighted by molar-refractivity contribution is 5.69. The Balaban J connectivity index is 2.06. The number of carbonyl (C=O) groups is 2. The van der Waals surface area contributed by atoms with Crippen molar-refractivity contribution in [3.63, 3.8) is 0 Å². The molecule has 7 nitrogen and oxygen atoms in total. The molecule has 0 saturated heterocycles. The summed E-state index contributed by atoms with van der Waals surface area (Å²) in [5, 5.41) is 9.68. The van der Waals surface area contributed by atoms with Crippen LogP contribution in [0.1, 0.15) is 174 Å². The molecular formula is C47H76O7. The van der Waals surface area contributed by atoms with Crippen molar-refractivity contribution in [2.45, 2.75) is 175 Å². The van der Waals surface area contributed by atoms with Crippen molar-refractivity contribution < 1.29 is 33.6 Å². The van der Waals surface area contributed by atoms with Gasteiger partial charge in [0.1, 0.15) is 37.9 Å². The highest BCUT2D eigenvalue weighted by Crippen LogP contribution is 2.23. The number of aliphatic hydroxyl groups excluding tert-OH is 1. The molecule has 0 spiro atoms. The highest BCUT2D eigenvalue weighted by atomic mass is 16.6. The second-order valence-corrected chi connectivity index (χ2v) is 14.1. The largest absolute Gasteiger partial charge is 0.490 e. The number of hydrogen-bond acceptors (Lipinski definition) is 7. The first-order valence-electron chi connectivity index (χ1n) is 21.5. The van der Waals surface area contributed by atoms with Crippen LogP contribution in [0.2, 0.25) is 0 Å². The van der Waals surface area contributed by atoms with Crippen LogP contribution in [0.3, 0.4) is 0 Å². The Bertz CT molecular complexity index is 1070. The lowest BCUT2D eigenvalue weighted by Crippen LogP contribution is -2.13. The number of aliphatic hydroxyl groups is 1. The van der Waals surface area contributed by atoms with E-state index in [-0.39, 0.29) is 45.0 Å². The Morgan fingerprint density at radius 3 is 1.24 bits per heavy atom. The van der Waals surface area contributed by atoms with Gasteiger partial charge < -0.3 is 24.1 Å². The molecule has 0 unspecified atom stereocenters. The lowest BCUT2D eigenvalue weighted by molar-refractivity contribution is -0.145. The maximum atomic E-state index is 12.1. The second-order valence-electron chi connectivity index (χ2n) is 14.1. The molecule has 1 aromatic carbocycles. The predicted octanol–water partition coefficient (Wildman–Crippen LogP) is 12.6. The number of rotatable bonds is 37. The molecule has 0 fully saturated rings. The van der Waals surface area contributed by atoms with E-state index in [0.717, 1.165) is 64.2 Å². The van der Waals surface area contributed by atoms with Crippen LogP contribution in [0.4, 0.5) is 0 Å². The van der Waals surface area contributed by atoms with E-state index in [9.17, 15) is 14.7 Å². The molecule has 1 rings (SSSR count). The zero-order valence-electron chi connectivity index (χ0n) is 34.3. The predicted molar refractivity (Wildman–Crippen MR) is 224 cm³/mol. The minimum Gasteiger partial charge on any atom is -0.490 e. The van der Waals surface area contributed by atoms with Gasteiger partial charge in [-0.15, -0.1) is 0 Å². The molecule has 0 heterocycles. The SMILES string of the molecule is CCCCC/C=C\C/C=C\CCCCCCCC(=O)OCCOc1cc(CO)cc(OCCOC(=O)CCCCCCC/C=C\C/C=C\CCCCC)c1. The van der Waals surface area contributed by atoms with E-state index >= 15 is 0 Å². The summed E-state index contributed by atoms with van der Waals surface area (Å²) in [5.74, 6) is 0.615. The lowest BCUT2D eigenvalue weighted by Gasteiger charge is -2.12. The van der Waals surface area contributed by atoms with E-state index < -0.39 is 0 Å². The summed E-state index contributed by atoms with van der Waals surface area (Å²) < 4.78 is 22.2. The third-order valence-electron chi connectivity index (χ3n) is 9.02. The Kier molecular flexibility index (Phi) is 34.2. The first kappa shape index (κ1) is 48.7. The van der Waals surface area contributed by atoms with Gasteiger partial charge in [-0.3, -0.25) is 9.59 Å². The summed E-state index contributed by atoms with van der Waals surface area (Å²) in [4.78, 5) is 24.3. The average molecular weight is 753 g/mol. The van der Waals surface area contributed by atoms with Crippen molar-refractivity contribution in [1.29, 1.82) is 0 Å². The van der Waals surface area contributed by atoms with Crippen molar-refractivity contribution >= 4 is 11.9 Å². The van der Waals surface area contributed by atoms with Crippen LogP contribution < -0.4 is 9.47 Å². The standard InChI is InChI=1S/C47H76O7/c1-3-5-7-9-11-13-15-17-19-21-23-25-27-29-31-33-46(49)53-37-35-51-44-39-43(42-48)40-45(41-44)52-36-38-54-47(50)34-32-30-28-26-24-22-20-18-16-14-12-10-8-6-4-2/h11-14,17-20,39-41,48H,3-10,15-16,21-38,42H2,1-2H3/b13-11-,14-12-,19-17-,20-18-. The fourth-order valence-electron chi connectivity index (χ4n) is 5.82. The average Bonchev–Trinajstić information content (AvgIpc) is 3.18. The van der Waals surface area contributed by atoms with E-state index in [1.54, 1.807) is 18.2 Å². The number of hydrogen-bond donors (Lipinski definition) is 1. The Morgan fingerprint density at radius 2 is 0.852 bits per heavy atom. The topological polar surface area (TPSA) is 91.3 Å². The van der Waals surface area contributed by atoms with E-state index in [1.807, 2.05) is 0 Å². The van der Waals surface area contributed by atoms with Crippen LogP contribution in [-0.2, 0) is 25.7 Å². The molecular weight excluding hydrogens is 677 g/mol. The van der Waals surface area contributed by atoms with Gasteiger partial charge in [-0.1, -0.05) is 127 Å². The lowest BCUT2D eigenvalue weighted by atomic mass is 10.1. The molecule has 0 aliphatic carbocycles. The summed E-state index contributed by atoms with van der Waals surface area (Å²) in [7, 11) is 0. The van der Waals surface area contributed by atoms with Crippen LogP contribution in [0.25, 0.3) is 0 Å². The maximum Gasteiger partial charge on any atom is 0.305 e. The molecule has 0 aliphatic heterocycles. The summed E-state index contributed by atoms with van der Waals surface area (Å²) >= 11 is 0. The molecule has 1 aromatic rings. The minimum atomic E-state index is -0.206. The fourth-order valence-corrected chi connectivity index (χ4v) is 5.82. The van der Waals surface area contributed by atoms with Gasteiger partial charge in [0.05, 0.1) is 6.61 Å². The van der Waals surface area contributed by atoms with Gasteiger partial charge in [-0.2, -0.15) is 0 Å². The molecule has 0 saturated carbocycles. The maximum absolute atomic E-state index is 12.1. The van der Waals surface area contributed by atoms with Crippen LogP contribution >= 0.6 is 0 Å². The summed E-state index contributed by atoms with van der Waals surface area (Å²) in [6.45, 7) is 5.02. The molecule has 0 bridgehead atoms. The molecule has 54 heavy (non-hydrogen) atoms. The molecule has 0 atom stereocenters. The number of ether oxygens (including phenoxy) is 4. The summed E-state index contributed by atoms with van der Waals surface area (Å²) in [6, 6.07) is 5.17. The van der Waals surface area contributed by atoms with Crippen LogP contribution in [0, 0.1) is 0 Å². The third kappa shape index (κ3) is 32.1. The first-order valence-corrected chi connectivity index (χ1v) is 21.5. The highest BCUT2D eigenvalue weighted by Gasteiger charge is 2.07. The van der Waals surface area contributed by atoms with E-state index in [1.165, 1.54) is 77.0 Å². The summed E-state index contributed by atoms with van der Waals surface area (Å²) in [5.41, 5.74) is 0.638. The Morgan fingerprint density at radius 1 is 0.481 bits per heavy atom. The van der Waals surface area contributed by atoms with Gasteiger partial charge >= 0.3 is 11.9 Å². The fraction of sp³-hybridized carbons (Fsp3) is 0.660. The Labute approximate surface area is 329 Å². The van der Waals surface area contributed by atoms with Crippen molar-refractivity contribution in [3.8, 4) is 11.5 Å². The normalized spacial score (nSPS) is 11.8. The van der Waals surface area contributed by atoms with Crippen molar-refractivity contribution in [2.24, 2.45) is 0 Å². The van der Waals surface area contributed by atoms with Crippen LogP contribution in [-0.4, -0.2) is 43.5 Å². The molecule has 7 heteroatoms. The van der Waals surface area contributed by atoms with Gasteiger partial charge in [0.25, 0.3) is 0 Å². The van der Waals surface area contributed by atoms with Crippen LogP contribution in [0.5, 0.6) is 11.5 Å². The van der Waals surface area contributed by atoms with E-state index in [2.05, 4.69) is 62.5 Å². The first-order chi connectivity index (χ1) is 26.6. The second kappa shape index (κ2) is 38.0. The molecule has 1 N–H and O–H groups in total. The number of esters is 2. The third-order valence-corrected chi connectivity index (χ3v) is 9.02. The summed E-state index contributed by atoms with van der Waals surface area (Å²) in [6.07, 6.45) is 44.2. The zero-order valence-corrected chi connectivity index (χ0v) is 34.3. The number of carbonyl (C=O) groups excluding carboxylic acids is 2. The number of unbranched alkanes of at least 4 members (excludes halogenated alkanes) is 16. The minimum absolute atomic E-state index is 0.156. The molecule has 306 valence electrons. The zero-order chi connectivity index (χ0) is 39.0. The number of allylic oxidation sites excluding steroid dienone is 8. The van der Waals surface area contributed by atoms with Crippen LogP contribution in [0.15, 0.2) is 66.8 Å². The molecule has 0 amide bonds. The molecule has 0 aliphatic rings. The smallest absolute Gasteiger partial charge is 0.305 e. The van der Waals surface area contributed by atoms with Crippen molar-refractivity contribution in [3.05, 3.63) is 72.4 Å². The van der Waals surface area contributed by atoms with Gasteiger partial charge in [-0.05, 0) is 94.7 Å². The number of benzene rings is 1. The van der Waals surface area contributed by atoms with Gasteiger partial charge in [0.15, 0.2) is 0 Å². The van der Waals surface area contributed by atoms with Gasteiger partial charge in [0.2, 0.25) is 0 Å². The van der Waals surface area contributed by atoms with E-state index in [4.69, 9.17) is 18.9 Å². The van der Waals surface area contributed by atoms with Crippen molar-refractivity contribution in [2.75, 3.05) is 26.4 Å². The monoisotopic (exact) mass is 753 g/mol. The molecule has 0 aromatic heterocycles. The quantitative estimate of drug-likeness (QED) is 0.0411. The Hall–Kier alpha value is -3.32. The van der Waals surface area contributed by atoms with E-state index in [0.29, 0.717) is 29.9 Å². The van der Waals surface area contributed by atoms with Gasteiger partial charge in [0, 0.05) is 18.9 Å². The molecule has 0 radical (unpaired) electrons. The van der Waals surface area contributed by atoms with Crippen molar-refractivity contribution in [1.82, 2.24) is 0 Å². The van der Waals surface area contributed by atoms with Gasteiger partial charge in [-0.25, -0.2) is 0 Å².